The van der Waals surface area contributed by atoms with Gasteiger partial charge in [0.1, 0.15) is 23.9 Å². The van der Waals surface area contributed by atoms with Gasteiger partial charge in [0.2, 0.25) is 6.17 Å². The zero-order chi connectivity index (χ0) is 18.5. The number of hydrogen-bond donors (Lipinski definition) is 2. The molecule has 26 heavy (non-hydrogen) atoms. The van der Waals surface area contributed by atoms with Crippen LogP contribution in [0.1, 0.15) is 44.8 Å². The Morgan fingerprint density at radius 3 is 2.31 bits per heavy atom. The van der Waals surface area contributed by atoms with Crippen molar-refractivity contribution in [2.45, 2.75) is 39.3 Å². The Hall–Kier alpha value is -1.59. The van der Waals surface area contributed by atoms with Gasteiger partial charge in [-0.05, 0) is 31.5 Å². The molecule has 4 heterocycles. The number of methoxy groups -OCH3 is 2. The Labute approximate surface area is 156 Å². The fraction of sp³-hybridized carbons (Fsp3) is 0.667. The SMILES string of the molecule is CCCCC12C[NH+]3CC(C)(C[NH+](C1)C3c1ccc(OC)c(OC)c1)C2=O. The van der Waals surface area contributed by atoms with Gasteiger partial charge in [-0.25, -0.2) is 0 Å². The Kier molecular flexibility index (Phi) is 4.27. The highest BCUT2D eigenvalue weighted by molar-refractivity contribution is 5.91. The highest BCUT2D eigenvalue weighted by Gasteiger charge is 2.69. The molecule has 0 saturated carbocycles. The molecule has 4 fully saturated rings. The quantitative estimate of drug-likeness (QED) is 0.765. The molecule has 4 bridgehead atoms. The molecular weight excluding hydrogens is 328 g/mol. The van der Waals surface area contributed by atoms with Crippen LogP contribution in [0.4, 0.5) is 0 Å². The van der Waals surface area contributed by atoms with E-state index in [9.17, 15) is 4.79 Å². The van der Waals surface area contributed by atoms with Gasteiger partial charge in [-0.1, -0.05) is 19.8 Å². The summed E-state index contributed by atoms with van der Waals surface area (Å²) < 4.78 is 10.9. The maximum absolute atomic E-state index is 13.3. The first-order valence-corrected chi connectivity index (χ1v) is 9.92. The Morgan fingerprint density at radius 2 is 1.73 bits per heavy atom. The van der Waals surface area contributed by atoms with E-state index >= 15 is 0 Å². The van der Waals surface area contributed by atoms with Crippen LogP contribution >= 0.6 is 0 Å². The second-order valence-electron chi connectivity index (χ2n) is 8.84. The van der Waals surface area contributed by atoms with E-state index in [4.69, 9.17) is 9.47 Å². The minimum absolute atomic E-state index is 0.0982. The predicted octanol–water partition coefficient (Wildman–Crippen LogP) is 0.265. The van der Waals surface area contributed by atoms with Crippen LogP contribution < -0.4 is 19.3 Å². The van der Waals surface area contributed by atoms with Crippen molar-refractivity contribution in [1.29, 1.82) is 0 Å². The molecule has 4 aliphatic heterocycles. The van der Waals surface area contributed by atoms with Crippen LogP contribution in [-0.2, 0) is 4.79 Å². The van der Waals surface area contributed by atoms with Crippen molar-refractivity contribution in [3.63, 3.8) is 0 Å². The van der Waals surface area contributed by atoms with Crippen LogP contribution in [0.3, 0.4) is 0 Å². The van der Waals surface area contributed by atoms with Crippen LogP contribution in [0.2, 0.25) is 0 Å². The van der Waals surface area contributed by atoms with Crippen LogP contribution in [0.15, 0.2) is 18.2 Å². The molecule has 2 unspecified atom stereocenters. The summed E-state index contributed by atoms with van der Waals surface area (Å²) in [5, 5.41) is 0. The molecule has 4 aliphatic rings. The smallest absolute Gasteiger partial charge is 0.240 e. The third-order valence-electron chi connectivity index (χ3n) is 6.96. The van der Waals surface area contributed by atoms with Crippen molar-refractivity contribution in [2.24, 2.45) is 10.8 Å². The first-order valence-electron chi connectivity index (χ1n) is 9.92. The van der Waals surface area contributed by atoms with Gasteiger partial charge in [-0.3, -0.25) is 14.6 Å². The standard InChI is InChI=1S/C21H30N2O3/c1-5-6-9-21-13-22-11-20(2,19(21)24)12-23(14-21)18(22)15-7-8-16(25-3)17(10-15)26-4/h7-8,10,18H,5-6,9,11-14H2,1-4H3/p+2. The molecule has 1 aromatic rings. The third kappa shape index (κ3) is 2.48. The molecule has 142 valence electrons. The maximum Gasteiger partial charge on any atom is 0.240 e. The summed E-state index contributed by atoms with van der Waals surface area (Å²) >= 11 is 0. The average molecular weight is 360 g/mol. The summed E-state index contributed by atoms with van der Waals surface area (Å²) in [5.41, 5.74) is 1.05. The maximum atomic E-state index is 13.3. The minimum Gasteiger partial charge on any atom is -0.493 e. The van der Waals surface area contributed by atoms with Gasteiger partial charge in [-0.2, -0.15) is 0 Å². The molecule has 5 rings (SSSR count). The number of nitrogens with one attached hydrogen (secondary N) is 2. The van der Waals surface area contributed by atoms with E-state index < -0.39 is 0 Å². The number of benzene rings is 1. The first kappa shape index (κ1) is 17.8. The zero-order valence-electron chi connectivity index (χ0n) is 16.5. The highest BCUT2D eigenvalue weighted by atomic mass is 16.5. The van der Waals surface area contributed by atoms with Crippen molar-refractivity contribution in [2.75, 3.05) is 40.4 Å². The molecule has 2 N–H and O–H groups in total. The number of unbranched alkanes of at least 4 members (excludes halogenated alkanes) is 1. The van der Waals surface area contributed by atoms with E-state index in [2.05, 4.69) is 26.0 Å². The van der Waals surface area contributed by atoms with Gasteiger partial charge in [0.25, 0.3) is 0 Å². The molecule has 0 aromatic heterocycles. The van der Waals surface area contributed by atoms with Crippen molar-refractivity contribution in [3.05, 3.63) is 23.8 Å². The normalized spacial score (nSPS) is 37.8. The van der Waals surface area contributed by atoms with Crippen molar-refractivity contribution >= 4 is 5.78 Å². The summed E-state index contributed by atoms with van der Waals surface area (Å²) in [6, 6.07) is 6.33. The Morgan fingerprint density at radius 1 is 1.08 bits per heavy atom. The van der Waals surface area contributed by atoms with Gasteiger partial charge < -0.3 is 9.47 Å². The largest absolute Gasteiger partial charge is 0.493 e. The Bertz CT molecular complexity index is 701. The van der Waals surface area contributed by atoms with E-state index in [-0.39, 0.29) is 10.8 Å². The molecule has 0 spiro atoms. The van der Waals surface area contributed by atoms with E-state index in [0.29, 0.717) is 11.9 Å². The van der Waals surface area contributed by atoms with Gasteiger partial charge in [0.05, 0.1) is 32.9 Å². The molecule has 5 heteroatoms. The van der Waals surface area contributed by atoms with E-state index in [0.717, 1.165) is 56.9 Å². The lowest BCUT2D eigenvalue weighted by molar-refractivity contribution is -1.18. The monoisotopic (exact) mass is 360 g/mol. The van der Waals surface area contributed by atoms with Crippen LogP contribution in [0, 0.1) is 10.8 Å². The van der Waals surface area contributed by atoms with Crippen molar-refractivity contribution in [1.82, 2.24) is 0 Å². The molecule has 0 radical (unpaired) electrons. The van der Waals surface area contributed by atoms with Crippen LogP contribution in [0.25, 0.3) is 0 Å². The first-order chi connectivity index (χ1) is 12.5. The number of quaternary nitrogens is 2. The molecule has 1 aromatic carbocycles. The molecular formula is C21H32N2O3+2. The van der Waals surface area contributed by atoms with Gasteiger partial charge in [0, 0.05) is 0 Å². The summed E-state index contributed by atoms with van der Waals surface area (Å²) in [6.07, 6.45) is 3.77. The van der Waals surface area contributed by atoms with E-state index in [1.165, 1.54) is 5.56 Å². The average Bonchev–Trinajstić information content (AvgIpc) is 2.63. The fourth-order valence-corrected chi connectivity index (χ4v) is 6.09. The predicted molar refractivity (Wildman–Crippen MR) is 98.8 cm³/mol. The number of ether oxygens (including phenoxy) is 2. The number of ketones is 1. The van der Waals surface area contributed by atoms with Gasteiger partial charge in [0.15, 0.2) is 17.3 Å². The van der Waals surface area contributed by atoms with Crippen molar-refractivity contribution < 1.29 is 24.1 Å². The summed E-state index contributed by atoms with van der Waals surface area (Å²) in [5.74, 6) is 2.12. The zero-order valence-corrected chi connectivity index (χ0v) is 16.5. The van der Waals surface area contributed by atoms with E-state index in [1.807, 2.05) is 6.07 Å². The third-order valence-corrected chi connectivity index (χ3v) is 6.96. The topological polar surface area (TPSA) is 44.4 Å². The number of carbonyl (C=O) groups excluding carboxylic acids is 1. The molecule has 0 amide bonds. The number of hydrogen-bond acceptors (Lipinski definition) is 3. The van der Waals surface area contributed by atoms with E-state index in [1.54, 1.807) is 24.0 Å². The second-order valence-corrected chi connectivity index (χ2v) is 8.84. The summed E-state index contributed by atoms with van der Waals surface area (Å²) in [7, 11) is 3.37. The highest BCUT2D eigenvalue weighted by Crippen LogP contribution is 2.40. The molecule has 0 aliphatic carbocycles. The lowest BCUT2D eigenvalue weighted by Crippen LogP contribution is -3.41. The fourth-order valence-electron chi connectivity index (χ4n) is 6.09. The lowest BCUT2D eigenvalue weighted by atomic mass is 9.59. The summed E-state index contributed by atoms with van der Waals surface area (Å²) in [6.45, 7) is 8.33. The Balaban J connectivity index is 1.68. The van der Waals surface area contributed by atoms with Gasteiger partial charge in [-0.15, -0.1) is 0 Å². The van der Waals surface area contributed by atoms with Crippen molar-refractivity contribution in [3.8, 4) is 11.5 Å². The molecule has 4 saturated heterocycles. The molecule has 5 nitrogen and oxygen atoms in total. The van der Waals surface area contributed by atoms with Crippen LogP contribution in [-0.4, -0.2) is 46.2 Å². The summed E-state index contributed by atoms with van der Waals surface area (Å²) in [4.78, 5) is 16.4. The minimum atomic E-state index is -0.151. The molecule has 2 atom stereocenters. The van der Waals surface area contributed by atoms with Crippen LogP contribution in [0.5, 0.6) is 11.5 Å². The van der Waals surface area contributed by atoms with Gasteiger partial charge >= 0.3 is 0 Å². The number of piperidine rings is 2. The number of carbonyl (C=O) groups is 1. The number of Topliss-reactive ketones (excluding diaryl/α,β-unsaturated/α-hetero) is 1. The second kappa shape index (κ2) is 6.24. The number of rotatable bonds is 6. The lowest BCUT2D eigenvalue weighted by Gasteiger charge is -2.59.